The summed E-state index contributed by atoms with van der Waals surface area (Å²) in [7, 11) is 0. The maximum absolute atomic E-state index is 13.5. The molecule has 0 heterocycles. The molecular weight excluding hydrogens is 288 g/mol. The molecule has 4 heteroatoms. The molecule has 0 amide bonds. The third-order valence-corrected chi connectivity index (χ3v) is 4.12. The van der Waals surface area contributed by atoms with E-state index in [1.807, 2.05) is 12.1 Å². The second kappa shape index (κ2) is 7.57. The maximum atomic E-state index is 13.5. The molecule has 0 fully saturated rings. The van der Waals surface area contributed by atoms with E-state index in [0.29, 0.717) is 17.4 Å². The van der Waals surface area contributed by atoms with Crippen LogP contribution in [0.25, 0.3) is 0 Å². The SMILES string of the molecule is CC(C)NCc1ccc(SCc2cccc(F)c2F)cc1. The highest BCUT2D eigenvalue weighted by molar-refractivity contribution is 7.98. The van der Waals surface area contributed by atoms with Crippen LogP contribution in [0.15, 0.2) is 47.4 Å². The third kappa shape index (κ3) is 4.83. The Kier molecular flexibility index (Phi) is 5.76. The van der Waals surface area contributed by atoms with Crippen LogP contribution < -0.4 is 5.32 Å². The number of nitrogens with one attached hydrogen (secondary N) is 1. The van der Waals surface area contributed by atoms with Gasteiger partial charge >= 0.3 is 0 Å². The van der Waals surface area contributed by atoms with Gasteiger partial charge in [-0.25, -0.2) is 8.78 Å². The first kappa shape index (κ1) is 16.0. The molecule has 0 unspecified atom stereocenters. The van der Waals surface area contributed by atoms with Crippen molar-refractivity contribution in [3.8, 4) is 0 Å². The van der Waals surface area contributed by atoms with Gasteiger partial charge in [-0.2, -0.15) is 0 Å². The van der Waals surface area contributed by atoms with Gasteiger partial charge in [0.2, 0.25) is 0 Å². The van der Waals surface area contributed by atoms with Crippen molar-refractivity contribution in [2.45, 2.75) is 37.1 Å². The van der Waals surface area contributed by atoms with E-state index in [0.717, 1.165) is 17.5 Å². The second-order valence-electron chi connectivity index (χ2n) is 5.18. The fourth-order valence-corrected chi connectivity index (χ4v) is 2.72. The highest BCUT2D eigenvalue weighted by Gasteiger charge is 2.07. The molecule has 0 aliphatic carbocycles. The van der Waals surface area contributed by atoms with E-state index in [-0.39, 0.29) is 0 Å². The van der Waals surface area contributed by atoms with Crippen molar-refractivity contribution >= 4 is 11.8 Å². The molecule has 1 N–H and O–H groups in total. The van der Waals surface area contributed by atoms with Crippen LogP contribution in [0.3, 0.4) is 0 Å². The van der Waals surface area contributed by atoms with Crippen molar-refractivity contribution in [1.82, 2.24) is 5.32 Å². The highest BCUT2D eigenvalue weighted by atomic mass is 32.2. The van der Waals surface area contributed by atoms with Gasteiger partial charge in [-0.1, -0.05) is 38.1 Å². The molecule has 0 saturated heterocycles. The molecule has 0 saturated carbocycles. The predicted molar refractivity (Wildman–Crippen MR) is 84.3 cm³/mol. The van der Waals surface area contributed by atoms with Crippen LogP contribution in [0.2, 0.25) is 0 Å². The number of rotatable bonds is 6. The zero-order valence-corrected chi connectivity index (χ0v) is 13.0. The zero-order chi connectivity index (χ0) is 15.2. The summed E-state index contributed by atoms with van der Waals surface area (Å²) in [4.78, 5) is 1.05. The molecule has 0 atom stereocenters. The van der Waals surface area contributed by atoms with E-state index in [2.05, 4.69) is 31.3 Å². The Hall–Kier alpha value is -1.39. The Morgan fingerprint density at radius 2 is 1.76 bits per heavy atom. The van der Waals surface area contributed by atoms with E-state index >= 15 is 0 Å². The van der Waals surface area contributed by atoms with Gasteiger partial charge in [0.1, 0.15) is 0 Å². The first-order valence-electron chi connectivity index (χ1n) is 6.94. The maximum Gasteiger partial charge on any atom is 0.162 e. The first-order chi connectivity index (χ1) is 10.1. The van der Waals surface area contributed by atoms with Crippen molar-refractivity contribution in [2.75, 3.05) is 0 Å². The largest absolute Gasteiger partial charge is 0.310 e. The number of hydrogen-bond acceptors (Lipinski definition) is 2. The van der Waals surface area contributed by atoms with Gasteiger partial charge in [0, 0.05) is 28.8 Å². The molecule has 0 radical (unpaired) electrons. The summed E-state index contributed by atoms with van der Waals surface area (Å²) in [5, 5.41) is 3.35. The summed E-state index contributed by atoms with van der Waals surface area (Å²) >= 11 is 1.50. The minimum atomic E-state index is -0.789. The molecule has 2 aromatic rings. The molecule has 2 rings (SSSR count). The number of thioether (sulfide) groups is 1. The molecule has 2 aromatic carbocycles. The van der Waals surface area contributed by atoms with Crippen LogP contribution in [-0.2, 0) is 12.3 Å². The van der Waals surface area contributed by atoms with Crippen LogP contribution in [-0.4, -0.2) is 6.04 Å². The monoisotopic (exact) mass is 307 g/mol. The van der Waals surface area contributed by atoms with Crippen LogP contribution in [0.5, 0.6) is 0 Å². The molecular formula is C17H19F2NS. The first-order valence-corrected chi connectivity index (χ1v) is 7.93. The molecule has 1 nitrogen and oxygen atoms in total. The van der Waals surface area contributed by atoms with Crippen LogP contribution in [0.1, 0.15) is 25.0 Å². The molecule has 0 bridgehead atoms. The quantitative estimate of drug-likeness (QED) is 0.773. The Bertz CT molecular complexity index is 582. The zero-order valence-electron chi connectivity index (χ0n) is 12.2. The molecule has 21 heavy (non-hydrogen) atoms. The molecule has 0 aliphatic heterocycles. The molecule has 0 spiro atoms. The van der Waals surface area contributed by atoms with Crippen molar-refractivity contribution in [2.24, 2.45) is 0 Å². The lowest BCUT2D eigenvalue weighted by molar-refractivity contribution is 0.502. The van der Waals surface area contributed by atoms with Crippen molar-refractivity contribution in [1.29, 1.82) is 0 Å². The average molecular weight is 307 g/mol. The summed E-state index contributed by atoms with van der Waals surface area (Å²) in [6.45, 7) is 5.05. The van der Waals surface area contributed by atoms with Gasteiger partial charge < -0.3 is 5.32 Å². The van der Waals surface area contributed by atoms with Gasteiger partial charge in [0.05, 0.1) is 0 Å². The summed E-state index contributed by atoms with van der Waals surface area (Å²) in [5.41, 5.74) is 1.61. The van der Waals surface area contributed by atoms with Gasteiger partial charge in [-0.15, -0.1) is 11.8 Å². The van der Waals surface area contributed by atoms with E-state index in [1.54, 1.807) is 6.07 Å². The fourth-order valence-electron chi connectivity index (χ4n) is 1.85. The van der Waals surface area contributed by atoms with Crippen molar-refractivity contribution in [3.63, 3.8) is 0 Å². The lowest BCUT2D eigenvalue weighted by Gasteiger charge is -2.09. The lowest BCUT2D eigenvalue weighted by atomic mass is 10.2. The number of halogens is 2. The summed E-state index contributed by atoms with van der Waals surface area (Å²) in [6.07, 6.45) is 0. The average Bonchev–Trinajstić information content (AvgIpc) is 2.48. The van der Waals surface area contributed by atoms with Crippen molar-refractivity contribution in [3.05, 3.63) is 65.2 Å². The standard InChI is InChI=1S/C17H19F2NS/c1-12(2)20-10-13-6-8-15(9-7-13)21-11-14-4-3-5-16(18)17(14)19/h3-9,12,20H,10-11H2,1-2H3. The van der Waals surface area contributed by atoms with E-state index in [4.69, 9.17) is 0 Å². The Morgan fingerprint density at radius 1 is 1.05 bits per heavy atom. The highest BCUT2D eigenvalue weighted by Crippen LogP contribution is 2.25. The van der Waals surface area contributed by atoms with Crippen LogP contribution >= 0.6 is 11.8 Å². The normalized spacial score (nSPS) is 11.1. The van der Waals surface area contributed by atoms with Gasteiger partial charge in [-0.05, 0) is 23.8 Å². The number of hydrogen-bond donors (Lipinski definition) is 1. The molecule has 112 valence electrons. The predicted octanol–water partition coefficient (Wildman–Crippen LogP) is 4.76. The van der Waals surface area contributed by atoms with Crippen LogP contribution in [0, 0.1) is 11.6 Å². The third-order valence-electron chi connectivity index (χ3n) is 3.06. The summed E-state index contributed by atoms with van der Waals surface area (Å²) in [5.74, 6) is -1.11. The van der Waals surface area contributed by atoms with Crippen LogP contribution in [0.4, 0.5) is 8.78 Å². The summed E-state index contributed by atoms with van der Waals surface area (Å²) < 4.78 is 26.7. The number of benzene rings is 2. The minimum Gasteiger partial charge on any atom is -0.310 e. The lowest BCUT2D eigenvalue weighted by Crippen LogP contribution is -2.21. The van der Waals surface area contributed by atoms with E-state index < -0.39 is 11.6 Å². The fraction of sp³-hybridized carbons (Fsp3) is 0.294. The Balaban J connectivity index is 1.93. The molecule has 0 aromatic heterocycles. The molecule has 0 aliphatic rings. The van der Waals surface area contributed by atoms with E-state index in [1.165, 1.54) is 23.4 Å². The van der Waals surface area contributed by atoms with Crippen molar-refractivity contribution < 1.29 is 8.78 Å². The Labute approximate surface area is 128 Å². The smallest absolute Gasteiger partial charge is 0.162 e. The van der Waals surface area contributed by atoms with Gasteiger partial charge in [0.15, 0.2) is 11.6 Å². The summed E-state index contributed by atoms with van der Waals surface area (Å²) in [6, 6.07) is 12.9. The van der Waals surface area contributed by atoms with Gasteiger partial charge in [0.25, 0.3) is 0 Å². The van der Waals surface area contributed by atoms with Gasteiger partial charge in [-0.3, -0.25) is 0 Å². The Morgan fingerprint density at radius 3 is 2.43 bits per heavy atom. The van der Waals surface area contributed by atoms with E-state index in [9.17, 15) is 8.78 Å². The second-order valence-corrected chi connectivity index (χ2v) is 6.23. The minimum absolute atomic E-state index is 0.394. The topological polar surface area (TPSA) is 12.0 Å².